The van der Waals surface area contributed by atoms with Crippen molar-refractivity contribution in [2.24, 2.45) is 0 Å². The summed E-state index contributed by atoms with van der Waals surface area (Å²) in [5.74, 6) is -0.498. The van der Waals surface area contributed by atoms with Gasteiger partial charge in [0.15, 0.2) is 0 Å². The molecule has 7 nitrogen and oxygen atoms in total. The lowest BCUT2D eigenvalue weighted by atomic mass is 10.0. The maximum atomic E-state index is 13.8. The molecule has 0 heterocycles. The second-order valence-corrected chi connectivity index (χ2v) is 11.2. The van der Waals surface area contributed by atoms with Crippen LogP contribution >= 0.6 is 0 Å². The lowest BCUT2D eigenvalue weighted by Gasteiger charge is -2.33. The zero-order valence-electron chi connectivity index (χ0n) is 21.8. The topological polar surface area (TPSA) is 86.8 Å². The molecule has 0 bridgehead atoms. The monoisotopic (exact) mass is 521 g/mol. The lowest BCUT2D eigenvalue weighted by Crippen LogP contribution is -2.52. The number of anilines is 1. The predicted molar refractivity (Wildman–Crippen MR) is 148 cm³/mol. The second kappa shape index (κ2) is 12.5. The Kier molecular flexibility index (Phi) is 9.47. The van der Waals surface area contributed by atoms with Crippen molar-refractivity contribution in [3.63, 3.8) is 0 Å². The van der Waals surface area contributed by atoms with Crippen LogP contribution in [0, 0.1) is 0 Å². The minimum atomic E-state index is -3.78. The van der Waals surface area contributed by atoms with Crippen LogP contribution in [0.5, 0.6) is 0 Å². The highest BCUT2D eigenvalue weighted by molar-refractivity contribution is 7.92. The van der Waals surface area contributed by atoms with Gasteiger partial charge in [-0.15, -0.1) is 0 Å². The summed E-state index contributed by atoms with van der Waals surface area (Å²) in [7, 11) is -2.25. The van der Waals surface area contributed by atoms with Gasteiger partial charge < -0.3 is 10.2 Å². The number of amides is 2. The quantitative estimate of drug-likeness (QED) is 0.414. The first kappa shape index (κ1) is 27.9. The molecule has 0 radical (unpaired) electrons. The number of carbonyl (C=O) groups is 2. The Hall–Kier alpha value is -3.65. The molecule has 37 heavy (non-hydrogen) atoms. The SMILES string of the molecule is CNC(=O)[C@@H](Cc1ccccc1)N(Cc1ccccc1)C(=O)CN(c1ccc(C(C)C)cc1)S(C)(=O)=O. The van der Waals surface area contributed by atoms with E-state index in [0.717, 1.165) is 27.3 Å². The highest BCUT2D eigenvalue weighted by Crippen LogP contribution is 2.23. The van der Waals surface area contributed by atoms with Gasteiger partial charge in [-0.2, -0.15) is 0 Å². The van der Waals surface area contributed by atoms with Gasteiger partial charge >= 0.3 is 0 Å². The third-order valence-corrected chi connectivity index (χ3v) is 7.38. The number of rotatable bonds is 11. The normalized spacial score (nSPS) is 12.1. The summed E-state index contributed by atoms with van der Waals surface area (Å²) in [6.07, 6.45) is 1.37. The van der Waals surface area contributed by atoms with E-state index in [2.05, 4.69) is 19.2 Å². The Balaban J connectivity index is 1.99. The molecule has 3 aromatic rings. The molecule has 0 aliphatic carbocycles. The summed E-state index contributed by atoms with van der Waals surface area (Å²) in [6, 6.07) is 25.2. The minimum absolute atomic E-state index is 0.161. The molecule has 0 saturated heterocycles. The third-order valence-electron chi connectivity index (χ3n) is 6.24. The number of benzene rings is 3. The molecular formula is C29H35N3O4S. The highest BCUT2D eigenvalue weighted by Gasteiger charge is 2.32. The van der Waals surface area contributed by atoms with Gasteiger partial charge in [0.2, 0.25) is 21.8 Å². The van der Waals surface area contributed by atoms with E-state index in [1.54, 1.807) is 12.1 Å². The average Bonchev–Trinajstić information content (AvgIpc) is 2.89. The smallest absolute Gasteiger partial charge is 0.244 e. The fraction of sp³-hybridized carbons (Fsp3) is 0.310. The summed E-state index contributed by atoms with van der Waals surface area (Å²) in [4.78, 5) is 28.4. The average molecular weight is 522 g/mol. The zero-order chi connectivity index (χ0) is 27.0. The molecule has 1 atom stereocenters. The Morgan fingerprint density at radius 1 is 0.838 bits per heavy atom. The minimum Gasteiger partial charge on any atom is -0.357 e. The molecule has 0 spiro atoms. The van der Waals surface area contributed by atoms with E-state index >= 15 is 0 Å². The summed E-state index contributed by atoms with van der Waals surface area (Å²) in [5.41, 5.74) is 3.20. The van der Waals surface area contributed by atoms with Crippen LogP contribution in [-0.4, -0.2) is 51.0 Å². The Labute approximate surface area is 220 Å². The molecule has 3 rings (SSSR count). The van der Waals surface area contributed by atoms with Crippen LogP contribution in [-0.2, 0) is 32.6 Å². The van der Waals surface area contributed by atoms with Crippen molar-refractivity contribution >= 4 is 27.5 Å². The predicted octanol–water partition coefficient (Wildman–Crippen LogP) is 3.96. The van der Waals surface area contributed by atoms with Crippen LogP contribution in [0.3, 0.4) is 0 Å². The van der Waals surface area contributed by atoms with E-state index in [4.69, 9.17) is 0 Å². The molecular weight excluding hydrogens is 486 g/mol. The fourth-order valence-corrected chi connectivity index (χ4v) is 4.99. The van der Waals surface area contributed by atoms with Gasteiger partial charge in [-0.3, -0.25) is 13.9 Å². The number of nitrogens with one attached hydrogen (secondary N) is 1. The van der Waals surface area contributed by atoms with E-state index in [-0.39, 0.29) is 18.4 Å². The first-order valence-electron chi connectivity index (χ1n) is 12.3. The molecule has 0 saturated carbocycles. The van der Waals surface area contributed by atoms with E-state index in [1.165, 1.54) is 11.9 Å². The molecule has 0 aromatic heterocycles. The molecule has 196 valence electrons. The Morgan fingerprint density at radius 3 is 1.86 bits per heavy atom. The standard InChI is InChI=1S/C29H35N3O4S/c1-22(2)25-15-17-26(18-16-25)32(37(4,35)36)21-28(33)31(20-24-13-9-6-10-14-24)27(29(34)30-3)19-23-11-7-5-8-12-23/h5-18,22,27H,19-21H2,1-4H3,(H,30,34)/t27-/m1/s1. The van der Waals surface area contributed by atoms with Crippen LogP contribution in [0.1, 0.15) is 36.5 Å². The fourth-order valence-electron chi connectivity index (χ4n) is 4.14. The van der Waals surface area contributed by atoms with E-state index in [9.17, 15) is 18.0 Å². The maximum absolute atomic E-state index is 13.8. The van der Waals surface area contributed by atoms with Crippen LogP contribution in [0.25, 0.3) is 0 Å². The molecule has 0 fully saturated rings. The second-order valence-electron chi connectivity index (χ2n) is 9.34. The van der Waals surface area contributed by atoms with E-state index < -0.39 is 28.5 Å². The molecule has 1 N–H and O–H groups in total. The molecule has 3 aromatic carbocycles. The molecule has 2 amide bonds. The molecule has 0 unspecified atom stereocenters. The van der Waals surface area contributed by atoms with Gasteiger partial charge in [0.1, 0.15) is 12.6 Å². The van der Waals surface area contributed by atoms with Crippen LogP contribution in [0.2, 0.25) is 0 Å². The molecule has 8 heteroatoms. The van der Waals surface area contributed by atoms with Crippen molar-refractivity contribution in [1.82, 2.24) is 10.2 Å². The van der Waals surface area contributed by atoms with Gasteiger partial charge in [0.25, 0.3) is 0 Å². The van der Waals surface area contributed by atoms with Gasteiger partial charge in [-0.05, 0) is 34.7 Å². The Bertz CT molecular complexity index is 1280. The van der Waals surface area contributed by atoms with Crippen molar-refractivity contribution in [1.29, 1.82) is 0 Å². The molecule has 0 aliphatic rings. The molecule has 0 aliphatic heterocycles. The largest absolute Gasteiger partial charge is 0.357 e. The van der Waals surface area contributed by atoms with Crippen molar-refractivity contribution in [3.8, 4) is 0 Å². The van der Waals surface area contributed by atoms with Crippen LogP contribution in [0.4, 0.5) is 5.69 Å². The van der Waals surface area contributed by atoms with Crippen LogP contribution in [0.15, 0.2) is 84.9 Å². The van der Waals surface area contributed by atoms with Crippen LogP contribution < -0.4 is 9.62 Å². The van der Waals surface area contributed by atoms with Gasteiger partial charge in [-0.1, -0.05) is 86.6 Å². The number of likely N-dealkylation sites (N-methyl/N-ethyl adjacent to an activating group) is 1. The van der Waals surface area contributed by atoms with Crippen molar-refractivity contribution in [2.75, 3.05) is 24.2 Å². The van der Waals surface area contributed by atoms with Gasteiger partial charge in [-0.25, -0.2) is 8.42 Å². The summed E-state index contributed by atoms with van der Waals surface area (Å²) in [5, 5.41) is 2.67. The van der Waals surface area contributed by atoms with Crippen molar-refractivity contribution < 1.29 is 18.0 Å². The number of hydrogen-bond acceptors (Lipinski definition) is 4. The van der Waals surface area contributed by atoms with Crippen molar-refractivity contribution in [2.45, 2.75) is 38.8 Å². The van der Waals surface area contributed by atoms with E-state index in [0.29, 0.717) is 12.1 Å². The summed E-state index contributed by atoms with van der Waals surface area (Å²) in [6.45, 7) is 3.85. The summed E-state index contributed by atoms with van der Waals surface area (Å²) < 4.78 is 26.7. The highest BCUT2D eigenvalue weighted by atomic mass is 32.2. The lowest BCUT2D eigenvalue weighted by molar-refractivity contribution is -0.139. The number of sulfonamides is 1. The van der Waals surface area contributed by atoms with Crippen molar-refractivity contribution in [3.05, 3.63) is 102 Å². The Morgan fingerprint density at radius 2 is 1.38 bits per heavy atom. The zero-order valence-corrected chi connectivity index (χ0v) is 22.6. The summed E-state index contributed by atoms with van der Waals surface area (Å²) >= 11 is 0. The van der Waals surface area contributed by atoms with Gasteiger partial charge in [0.05, 0.1) is 11.9 Å². The number of carbonyl (C=O) groups excluding carboxylic acids is 2. The van der Waals surface area contributed by atoms with E-state index in [1.807, 2.05) is 72.8 Å². The first-order valence-corrected chi connectivity index (χ1v) is 14.1. The van der Waals surface area contributed by atoms with Gasteiger partial charge in [0, 0.05) is 20.0 Å². The number of nitrogens with zero attached hydrogens (tertiary/aromatic N) is 2. The number of hydrogen-bond donors (Lipinski definition) is 1. The first-order chi connectivity index (χ1) is 17.6. The maximum Gasteiger partial charge on any atom is 0.244 e. The third kappa shape index (κ3) is 7.67.